The molecule has 0 bridgehead atoms. The van der Waals surface area contributed by atoms with E-state index in [1.54, 1.807) is 0 Å². The van der Waals surface area contributed by atoms with Crippen molar-refractivity contribution < 1.29 is 90.0 Å². The van der Waals surface area contributed by atoms with E-state index in [1.165, 1.54) is 64.2 Å². The summed E-state index contributed by atoms with van der Waals surface area (Å²) in [6.45, 7) is 4.41. The van der Waals surface area contributed by atoms with Gasteiger partial charge in [0, 0.05) is 5.41 Å². The SMILES string of the molecule is CCCCCCCCCCCC(CCCCCCCCCCC)(C(=O)[O-])C(=O)[O-].[K+].[Li+]. The Hall–Kier alpha value is 1.17. The molecule has 0 aromatic rings. The quantitative estimate of drug-likeness (QED) is 0.123. The molecule has 0 fully saturated rings. The first-order chi connectivity index (χ1) is 14.0. The maximum Gasteiger partial charge on any atom is 1.00 e. The molecule has 0 aliphatic heterocycles. The molecule has 0 spiro atoms. The summed E-state index contributed by atoms with van der Waals surface area (Å²) in [5.41, 5.74) is -1.80. The molecule has 4 nitrogen and oxygen atoms in total. The van der Waals surface area contributed by atoms with Gasteiger partial charge >= 0.3 is 70.2 Å². The van der Waals surface area contributed by atoms with Crippen molar-refractivity contribution in [3.63, 3.8) is 0 Å². The molecular formula is C25H46KLiO4. The van der Waals surface area contributed by atoms with E-state index in [1.807, 2.05) is 0 Å². The second kappa shape index (κ2) is 25.8. The van der Waals surface area contributed by atoms with Crippen molar-refractivity contribution in [2.75, 3.05) is 0 Å². The van der Waals surface area contributed by atoms with Gasteiger partial charge in [-0.05, 0) is 12.8 Å². The maximum atomic E-state index is 11.7. The number of unbranched alkanes of at least 4 members (excludes halogenated alkanes) is 16. The van der Waals surface area contributed by atoms with Crippen molar-refractivity contribution in [3.8, 4) is 0 Å². The van der Waals surface area contributed by atoms with Crippen molar-refractivity contribution in [1.29, 1.82) is 0 Å². The van der Waals surface area contributed by atoms with E-state index in [9.17, 15) is 19.8 Å². The zero-order chi connectivity index (χ0) is 21.8. The average molecular weight is 457 g/mol. The molecule has 172 valence electrons. The van der Waals surface area contributed by atoms with Gasteiger partial charge in [-0.1, -0.05) is 129 Å². The van der Waals surface area contributed by atoms with Crippen molar-refractivity contribution in [1.82, 2.24) is 0 Å². The molecule has 0 N–H and O–H groups in total. The predicted molar refractivity (Wildman–Crippen MR) is 116 cm³/mol. The number of hydrogen-bond donors (Lipinski definition) is 0. The van der Waals surface area contributed by atoms with Gasteiger partial charge in [-0.15, -0.1) is 0 Å². The molecule has 0 rings (SSSR count). The predicted octanol–water partition coefficient (Wildman–Crippen LogP) is -0.678. The van der Waals surface area contributed by atoms with E-state index in [0.29, 0.717) is 12.8 Å². The average Bonchev–Trinajstić information content (AvgIpc) is 2.69. The first-order valence-electron chi connectivity index (χ1n) is 12.4. The van der Waals surface area contributed by atoms with Crippen molar-refractivity contribution in [2.45, 2.75) is 142 Å². The van der Waals surface area contributed by atoms with E-state index < -0.39 is 17.4 Å². The van der Waals surface area contributed by atoms with E-state index in [-0.39, 0.29) is 83.1 Å². The van der Waals surface area contributed by atoms with Crippen molar-refractivity contribution in [2.24, 2.45) is 5.41 Å². The number of carboxylic acid groups (broad SMARTS) is 2. The van der Waals surface area contributed by atoms with Crippen molar-refractivity contribution >= 4 is 11.9 Å². The topological polar surface area (TPSA) is 80.3 Å². The Labute approximate surface area is 247 Å². The summed E-state index contributed by atoms with van der Waals surface area (Å²) in [4.78, 5) is 23.3. The summed E-state index contributed by atoms with van der Waals surface area (Å²) >= 11 is 0. The van der Waals surface area contributed by atoms with Crippen LogP contribution >= 0.6 is 0 Å². The molecule has 0 saturated carbocycles. The Bertz CT molecular complexity index is 380. The fourth-order valence-electron chi connectivity index (χ4n) is 4.09. The minimum Gasteiger partial charge on any atom is -0.549 e. The second-order valence-corrected chi connectivity index (χ2v) is 8.81. The third-order valence-corrected chi connectivity index (χ3v) is 6.20. The molecule has 0 radical (unpaired) electrons. The van der Waals surface area contributed by atoms with Crippen LogP contribution in [0.1, 0.15) is 142 Å². The van der Waals surface area contributed by atoms with E-state index in [4.69, 9.17) is 0 Å². The zero-order valence-electron chi connectivity index (χ0n) is 21.3. The van der Waals surface area contributed by atoms with Crippen LogP contribution in [0.15, 0.2) is 0 Å². The van der Waals surface area contributed by atoms with E-state index >= 15 is 0 Å². The monoisotopic (exact) mass is 456 g/mol. The summed E-state index contributed by atoms with van der Waals surface area (Å²) < 4.78 is 0. The first-order valence-corrected chi connectivity index (χ1v) is 12.4. The Morgan fingerprint density at radius 1 is 0.516 bits per heavy atom. The van der Waals surface area contributed by atoms with Gasteiger partial charge in [0.05, 0.1) is 11.9 Å². The second-order valence-electron chi connectivity index (χ2n) is 8.81. The third-order valence-electron chi connectivity index (χ3n) is 6.20. The summed E-state index contributed by atoms with van der Waals surface area (Å²) in [7, 11) is 0. The standard InChI is InChI=1S/C25H48O4.K.Li/c1-3-5-7-9-11-13-15-17-19-21-25(23(26)27,24(28)29)22-20-18-16-14-12-10-8-6-4-2;;/h3-22H2,1-2H3,(H,26,27)(H,28,29);;/q;2*+1/p-2. The van der Waals surface area contributed by atoms with Crippen LogP contribution in [-0.2, 0) is 9.59 Å². The Balaban J connectivity index is -0.00000392. The van der Waals surface area contributed by atoms with Crippen LogP contribution in [0, 0.1) is 5.41 Å². The van der Waals surface area contributed by atoms with Crippen LogP contribution < -0.4 is 80.5 Å². The Morgan fingerprint density at radius 2 is 0.742 bits per heavy atom. The fourth-order valence-corrected chi connectivity index (χ4v) is 4.09. The van der Waals surface area contributed by atoms with Gasteiger partial charge in [0.2, 0.25) is 0 Å². The molecule has 0 atom stereocenters. The van der Waals surface area contributed by atoms with Crippen LogP contribution in [0.5, 0.6) is 0 Å². The number of carbonyl (C=O) groups excluding carboxylic acids is 2. The molecular weight excluding hydrogens is 410 g/mol. The molecule has 0 aromatic heterocycles. The zero-order valence-corrected chi connectivity index (χ0v) is 24.4. The molecule has 31 heavy (non-hydrogen) atoms. The van der Waals surface area contributed by atoms with Crippen LogP contribution in [0.4, 0.5) is 0 Å². The van der Waals surface area contributed by atoms with Gasteiger partial charge in [0.1, 0.15) is 0 Å². The molecule has 6 heteroatoms. The molecule has 0 heterocycles. The largest absolute Gasteiger partial charge is 1.00 e. The maximum absolute atomic E-state index is 11.7. The molecule has 0 aromatic carbocycles. The van der Waals surface area contributed by atoms with Crippen molar-refractivity contribution in [3.05, 3.63) is 0 Å². The number of hydrogen-bond acceptors (Lipinski definition) is 4. The van der Waals surface area contributed by atoms with Crippen LogP contribution in [0.2, 0.25) is 0 Å². The number of rotatable bonds is 22. The summed E-state index contributed by atoms with van der Waals surface area (Å²) in [6.07, 6.45) is 20.2. The van der Waals surface area contributed by atoms with E-state index in [2.05, 4.69) is 13.8 Å². The van der Waals surface area contributed by atoms with Gasteiger partial charge in [0.15, 0.2) is 0 Å². The number of carbonyl (C=O) groups is 2. The van der Waals surface area contributed by atoms with Gasteiger partial charge in [-0.25, -0.2) is 0 Å². The Morgan fingerprint density at radius 3 is 0.968 bits per heavy atom. The van der Waals surface area contributed by atoms with Crippen LogP contribution in [-0.4, -0.2) is 11.9 Å². The van der Waals surface area contributed by atoms with Crippen LogP contribution in [0.25, 0.3) is 0 Å². The van der Waals surface area contributed by atoms with Gasteiger partial charge in [0.25, 0.3) is 0 Å². The molecule has 0 amide bonds. The Kier molecular flexibility index (Phi) is 30.6. The summed E-state index contributed by atoms with van der Waals surface area (Å²) in [5.74, 6) is -2.92. The minimum absolute atomic E-state index is 0. The van der Waals surface area contributed by atoms with Gasteiger partial charge in [-0.2, -0.15) is 0 Å². The smallest absolute Gasteiger partial charge is 0.549 e. The number of carboxylic acids is 2. The fraction of sp³-hybridized carbons (Fsp3) is 0.920. The molecule has 0 aliphatic rings. The third kappa shape index (κ3) is 19.2. The van der Waals surface area contributed by atoms with Crippen LogP contribution in [0.3, 0.4) is 0 Å². The minimum atomic E-state index is -1.80. The summed E-state index contributed by atoms with van der Waals surface area (Å²) in [5, 5.41) is 23.3. The van der Waals surface area contributed by atoms with Gasteiger partial charge in [-0.3, -0.25) is 0 Å². The molecule has 0 unspecified atom stereocenters. The normalized spacial score (nSPS) is 10.9. The number of aliphatic carboxylic acids is 2. The molecule has 0 aliphatic carbocycles. The molecule has 0 saturated heterocycles. The first kappa shape index (κ1) is 36.7. The van der Waals surface area contributed by atoms with E-state index in [0.717, 1.165) is 38.5 Å². The summed E-state index contributed by atoms with van der Waals surface area (Å²) in [6, 6.07) is 0. The van der Waals surface area contributed by atoms with Gasteiger partial charge < -0.3 is 19.8 Å².